The summed E-state index contributed by atoms with van der Waals surface area (Å²) in [5.74, 6) is 2.96. The molecule has 1 aromatic carbocycles. The van der Waals surface area contributed by atoms with Crippen molar-refractivity contribution in [3.8, 4) is 5.75 Å². The van der Waals surface area contributed by atoms with E-state index in [1.54, 1.807) is 0 Å². The van der Waals surface area contributed by atoms with Gasteiger partial charge in [-0.25, -0.2) is 4.98 Å². The number of nitrogens with one attached hydrogen (secondary N) is 1. The maximum Gasteiger partial charge on any atom is 0.123 e. The average Bonchev–Trinajstić information content (AvgIpc) is 3.29. The number of likely N-dealkylation sites (tertiary alicyclic amines) is 1. The summed E-state index contributed by atoms with van der Waals surface area (Å²) in [6, 6.07) is 8.60. The molecule has 2 fully saturated rings. The number of hydrogen-bond acceptors (Lipinski definition) is 4. The van der Waals surface area contributed by atoms with Crippen LogP contribution in [-0.2, 0) is 13.1 Å². The smallest absolute Gasteiger partial charge is 0.123 e. The number of piperidine rings is 2. The second kappa shape index (κ2) is 14.0. The summed E-state index contributed by atoms with van der Waals surface area (Å²) < 4.78 is 8.28. The molecule has 2 aliphatic heterocycles. The van der Waals surface area contributed by atoms with Gasteiger partial charge in [0.25, 0.3) is 0 Å². The molecule has 4 rings (SSSR count). The zero-order valence-corrected chi connectivity index (χ0v) is 20.1. The molecule has 0 atom stereocenters. The predicted molar refractivity (Wildman–Crippen MR) is 131 cm³/mol. The lowest BCUT2D eigenvalue weighted by molar-refractivity contribution is 0.125. The van der Waals surface area contributed by atoms with E-state index in [2.05, 4.69) is 44.0 Å². The summed E-state index contributed by atoms with van der Waals surface area (Å²) >= 11 is 0. The molecule has 0 unspecified atom stereocenters. The van der Waals surface area contributed by atoms with Crippen LogP contribution in [0.1, 0.15) is 44.1 Å². The molecule has 0 bridgehead atoms. The molecule has 0 spiro atoms. The van der Waals surface area contributed by atoms with Crippen LogP contribution in [-0.4, -0.2) is 47.2 Å². The highest BCUT2D eigenvalue weighted by atomic mass is 35.5. The van der Waals surface area contributed by atoms with Crippen molar-refractivity contribution in [2.24, 2.45) is 11.8 Å². The van der Waals surface area contributed by atoms with E-state index in [1.165, 1.54) is 57.4 Å². The Morgan fingerprint density at radius 2 is 1.71 bits per heavy atom. The molecule has 1 aromatic heterocycles. The van der Waals surface area contributed by atoms with E-state index >= 15 is 0 Å². The van der Waals surface area contributed by atoms with Crippen molar-refractivity contribution in [1.82, 2.24) is 19.8 Å². The van der Waals surface area contributed by atoms with Crippen molar-refractivity contribution in [2.75, 3.05) is 32.8 Å². The first-order valence-corrected chi connectivity index (χ1v) is 11.5. The molecule has 2 aliphatic rings. The van der Waals surface area contributed by atoms with Crippen LogP contribution >= 0.6 is 24.8 Å². The molecular weight excluding hydrogens is 431 g/mol. The molecule has 0 amide bonds. The maximum absolute atomic E-state index is 6.16. The Balaban J connectivity index is 0.00000171. The van der Waals surface area contributed by atoms with Crippen LogP contribution in [0.2, 0.25) is 0 Å². The van der Waals surface area contributed by atoms with Crippen molar-refractivity contribution in [2.45, 2.75) is 51.6 Å². The lowest BCUT2D eigenvalue weighted by Gasteiger charge is -2.38. The zero-order valence-electron chi connectivity index (χ0n) is 18.5. The molecule has 1 N–H and O–H groups in total. The van der Waals surface area contributed by atoms with Gasteiger partial charge in [0.1, 0.15) is 5.75 Å². The number of nitrogens with zero attached hydrogens (tertiary/aromatic N) is 3. The SMILES string of the molecule is Cl.Cl.c1ccc(OCCCCn2ccnc2)c(CN2CCC(C3CCNCC3)CC2)c1. The number of benzene rings is 1. The van der Waals surface area contributed by atoms with E-state index in [0.717, 1.165) is 50.1 Å². The number of rotatable bonds is 9. The first-order valence-electron chi connectivity index (χ1n) is 11.5. The van der Waals surface area contributed by atoms with Gasteiger partial charge in [-0.2, -0.15) is 0 Å². The quantitative estimate of drug-likeness (QED) is 0.536. The third-order valence-electron chi connectivity index (χ3n) is 6.68. The number of aromatic nitrogens is 2. The molecular formula is C24H38Cl2N4O. The zero-order chi connectivity index (χ0) is 19.7. The molecule has 5 nitrogen and oxygen atoms in total. The summed E-state index contributed by atoms with van der Waals surface area (Å²) in [4.78, 5) is 6.71. The van der Waals surface area contributed by atoms with Crippen LogP contribution in [0.4, 0.5) is 0 Å². The fraction of sp³-hybridized carbons (Fsp3) is 0.625. The number of ether oxygens (including phenoxy) is 1. The van der Waals surface area contributed by atoms with E-state index in [-0.39, 0.29) is 24.8 Å². The molecule has 7 heteroatoms. The molecule has 2 aromatic rings. The highest BCUT2D eigenvalue weighted by Crippen LogP contribution is 2.32. The molecule has 31 heavy (non-hydrogen) atoms. The third-order valence-corrected chi connectivity index (χ3v) is 6.68. The molecule has 0 radical (unpaired) electrons. The van der Waals surface area contributed by atoms with Crippen molar-refractivity contribution >= 4 is 24.8 Å². The lowest BCUT2D eigenvalue weighted by Crippen LogP contribution is -2.39. The standard InChI is InChI=1S/C24H36N4O.2ClH/c1-2-6-24(29-18-4-3-14-28-17-13-26-20-28)23(5-1)19-27-15-9-22(10-16-27)21-7-11-25-12-8-21;;/h1-2,5-6,13,17,20-22,25H,3-4,7-12,14-16,18-19H2;2*1H. The summed E-state index contributed by atoms with van der Waals surface area (Å²) in [5, 5.41) is 3.50. The van der Waals surface area contributed by atoms with Gasteiger partial charge in [0, 0.05) is 31.0 Å². The second-order valence-corrected chi connectivity index (χ2v) is 8.66. The van der Waals surface area contributed by atoms with Gasteiger partial charge in [0.2, 0.25) is 0 Å². The van der Waals surface area contributed by atoms with Crippen LogP contribution in [0.15, 0.2) is 43.0 Å². The van der Waals surface area contributed by atoms with Crippen LogP contribution < -0.4 is 10.1 Å². The minimum absolute atomic E-state index is 0. The minimum Gasteiger partial charge on any atom is -0.493 e. The topological polar surface area (TPSA) is 42.3 Å². The molecule has 2 saturated heterocycles. The van der Waals surface area contributed by atoms with Gasteiger partial charge < -0.3 is 14.6 Å². The van der Waals surface area contributed by atoms with Gasteiger partial charge >= 0.3 is 0 Å². The number of para-hydroxylation sites is 1. The van der Waals surface area contributed by atoms with Crippen LogP contribution in [0, 0.1) is 11.8 Å². The Hall–Kier alpha value is -1.27. The molecule has 0 saturated carbocycles. The third kappa shape index (κ3) is 7.98. The number of unbranched alkanes of at least 4 members (excludes halogenated alkanes) is 1. The number of imidazole rings is 1. The first-order chi connectivity index (χ1) is 14.4. The van der Waals surface area contributed by atoms with Crippen molar-refractivity contribution in [3.63, 3.8) is 0 Å². The van der Waals surface area contributed by atoms with Crippen molar-refractivity contribution < 1.29 is 4.74 Å². The van der Waals surface area contributed by atoms with Gasteiger partial charge in [-0.05, 0) is 82.6 Å². The molecule has 3 heterocycles. The first kappa shape index (κ1) is 26.0. The molecule has 174 valence electrons. The Labute approximate surface area is 199 Å². The lowest BCUT2D eigenvalue weighted by atomic mass is 9.79. The Bertz CT molecular complexity index is 714. The number of hydrogen-bond donors (Lipinski definition) is 1. The van der Waals surface area contributed by atoms with Crippen LogP contribution in [0.25, 0.3) is 0 Å². The van der Waals surface area contributed by atoms with Gasteiger partial charge in [-0.15, -0.1) is 24.8 Å². The Morgan fingerprint density at radius 1 is 0.968 bits per heavy atom. The van der Waals surface area contributed by atoms with Gasteiger partial charge in [-0.3, -0.25) is 4.90 Å². The molecule has 0 aliphatic carbocycles. The predicted octanol–water partition coefficient (Wildman–Crippen LogP) is 4.80. The van der Waals surface area contributed by atoms with Crippen molar-refractivity contribution in [3.05, 3.63) is 48.5 Å². The van der Waals surface area contributed by atoms with Gasteiger partial charge in [0.15, 0.2) is 0 Å². The fourth-order valence-corrected chi connectivity index (χ4v) is 4.91. The monoisotopic (exact) mass is 468 g/mol. The Kier molecular flexibility index (Phi) is 11.7. The second-order valence-electron chi connectivity index (χ2n) is 8.66. The van der Waals surface area contributed by atoms with Crippen molar-refractivity contribution in [1.29, 1.82) is 0 Å². The fourth-order valence-electron chi connectivity index (χ4n) is 4.91. The number of halogens is 2. The van der Waals surface area contributed by atoms with E-state index in [9.17, 15) is 0 Å². The summed E-state index contributed by atoms with van der Waals surface area (Å²) in [5.41, 5.74) is 1.34. The maximum atomic E-state index is 6.16. The van der Waals surface area contributed by atoms with Gasteiger partial charge in [0.05, 0.1) is 12.9 Å². The van der Waals surface area contributed by atoms with E-state index < -0.39 is 0 Å². The highest BCUT2D eigenvalue weighted by Gasteiger charge is 2.27. The largest absolute Gasteiger partial charge is 0.493 e. The highest BCUT2D eigenvalue weighted by molar-refractivity contribution is 5.85. The summed E-state index contributed by atoms with van der Waals surface area (Å²) in [6.07, 6.45) is 13.4. The minimum atomic E-state index is 0. The van der Waals surface area contributed by atoms with Gasteiger partial charge in [-0.1, -0.05) is 18.2 Å². The van der Waals surface area contributed by atoms with Crippen LogP contribution in [0.5, 0.6) is 5.75 Å². The normalized spacial score (nSPS) is 18.2. The summed E-state index contributed by atoms with van der Waals surface area (Å²) in [6.45, 7) is 7.71. The average molecular weight is 470 g/mol. The van der Waals surface area contributed by atoms with Crippen LogP contribution in [0.3, 0.4) is 0 Å². The van der Waals surface area contributed by atoms with E-state index in [0.29, 0.717) is 0 Å². The van der Waals surface area contributed by atoms with E-state index in [4.69, 9.17) is 4.74 Å². The summed E-state index contributed by atoms with van der Waals surface area (Å²) in [7, 11) is 0. The van der Waals surface area contributed by atoms with E-state index in [1.807, 2.05) is 18.7 Å². The number of aryl methyl sites for hydroxylation is 1. The Morgan fingerprint density at radius 3 is 2.45 bits per heavy atom.